The van der Waals surface area contributed by atoms with E-state index in [0.29, 0.717) is 13.2 Å². The molecule has 0 atom stereocenters. The molecule has 14 heteroatoms. The predicted octanol–water partition coefficient (Wildman–Crippen LogP) is 4.40. The summed E-state index contributed by atoms with van der Waals surface area (Å²) in [6.45, 7) is 5.10. The molecule has 0 aliphatic carbocycles. The second-order valence-electron chi connectivity index (χ2n) is 9.75. The van der Waals surface area contributed by atoms with Gasteiger partial charge in [0.15, 0.2) is 0 Å². The van der Waals surface area contributed by atoms with Crippen LogP contribution in [0.2, 0.25) is 0 Å². The van der Waals surface area contributed by atoms with Crippen molar-refractivity contribution in [1.29, 1.82) is 0 Å². The lowest BCUT2D eigenvalue weighted by atomic mass is 9.92. The average Bonchev–Trinajstić information content (AvgIpc) is 2.85. The zero-order valence-electron chi connectivity index (χ0n) is 23.8. The number of ether oxygens (including phenoxy) is 4. The molecule has 0 amide bonds. The molecule has 0 fully saturated rings. The molecule has 2 N–H and O–H groups in total. The molecule has 12 nitrogen and oxygen atoms in total. The summed E-state index contributed by atoms with van der Waals surface area (Å²) >= 11 is 0. The van der Waals surface area contributed by atoms with Gasteiger partial charge in [0.1, 0.15) is 0 Å². The summed E-state index contributed by atoms with van der Waals surface area (Å²) in [7, 11) is -9.14. The smallest absolute Gasteiger partial charge is 0.381 e. The molecule has 0 spiro atoms. The number of rotatable bonds is 30. The van der Waals surface area contributed by atoms with Crippen LogP contribution >= 0.6 is 0 Å². The average molecular weight is 609 g/mol. The van der Waals surface area contributed by atoms with Gasteiger partial charge in [-0.25, -0.2) is 8.37 Å². The van der Waals surface area contributed by atoms with Gasteiger partial charge in [-0.05, 0) is 12.8 Å². The Morgan fingerprint density at radius 1 is 0.462 bits per heavy atom. The van der Waals surface area contributed by atoms with E-state index >= 15 is 0 Å². The Morgan fingerprint density at radius 3 is 1.10 bits per heavy atom. The summed E-state index contributed by atoms with van der Waals surface area (Å²) in [6.07, 6.45) is 13.4. The highest BCUT2D eigenvalue weighted by Crippen LogP contribution is 2.22. The van der Waals surface area contributed by atoms with Gasteiger partial charge < -0.3 is 18.9 Å². The van der Waals surface area contributed by atoms with Crippen molar-refractivity contribution in [1.82, 2.24) is 0 Å². The van der Waals surface area contributed by atoms with Crippen molar-refractivity contribution < 1.29 is 53.3 Å². The van der Waals surface area contributed by atoms with Crippen molar-refractivity contribution in [2.75, 3.05) is 66.1 Å². The van der Waals surface area contributed by atoms with Gasteiger partial charge in [0.05, 0.1) is 58.3 Å². The molecule has 39 heavy (non-hydrogen) atoms. The Morgan fingerprint density at radius 2 is 0.769 bits per heavy atom. The maximum atomic E-state index is 10.8. The minimum atomic E-state index is -4.57. The lowest BCUT2D eigenvalue weighted by Crippen LogP contribution is -2.42. The van der Waals surface area contributed by atoms with Crippen molar-refractivity contribution in [3.8, 4) is 0 Å². The molecule has 0 aromatic heterocycles. The molecule has 0 bridgehead atoms. The predicted molar refractivity (Wildman–Crippen MR) is 147 cm³/mol. The topological polar surface area (TPSA) is 164 Å². The Kier molecular flexibility index (Phi) is 23.9. The van der Waals surface area contributed by atoms with Crippen LogP contribution < -0.4 is 0 Å². The second kappa shape index (κ2) is 24.2. The summed E-state index contributed by atoms with van der Waals surface area (Å²) in [6, 6.07) is 0. The standard InChI is InChI=1S/C25H52O12S2/c1-3-5-7-9-11-13-15-32-21-25(23-34-17-19-36-38(26,27)28,24-35-18-20-37-39(29,30)31)22-33-16-14-12-10-8-6-4-2/h3-24H2,1-2H3,(H,26,27,28)(H,29,30,31). The highest BCUT2D eigenvalue weighted by atomic mass is 32.3. The fourth-order valence-corrected chi connectivity index (χ4v) is 4.33. The molecule has 0 saturated heterocycles. The van der Waals surface area contributed by atoms with E-state index in [-0.39, 0.29) is 52.9 Å². The van der Waals surface area contributed by atoms with Crippen LogP contribution in [0.25, 0.3) is 0 Å². The van der Waals surface area contributed by atoms with Gasteiger partial charge in [-0.1, -0.05) is 78.1 Å². The van der Waals surface area contributed by atoms with Crippen LogP contribution in [0, 0.1) is 5.41 Å². The lowest BCUT2D eigenvalue weighted by molar-refractivity contribution is -0.111. The molecule has 0 heterocycles. The van der Waals surface area contributed by atoms with E-state index in [1.165, 1.54) is 38.5 Å². The molecule has 0 aromatic rings. The van der Waals surface area contributed by atoms with Crippen LogP contribution in [0.3, 0.4) is 0 Å². The minimum absolute atomic E-state index is 0.0774. The van der Waals surface area contributed by atoms with Crippen molar-refractivity contribution >= 4 is 20.8 Å². The molecule has 236 valence electrons. The number of unbranched alkanes of at least 4 members (excludes halogenated alkanes) is 10. The first kappa shape index (κ1) is 38.6. The molecule has 0 aromatic carbocycles. The van der Waals surface area contributed by atoms with Crippen LogP contribution in [-0.2, 0) is 48.1 Å². The quantitative estimate of drug-likeness (QED) is 0.0874. The summed E-state index contributed by atoms with van der Waals surface area (Å²) in [5, 5.41) is 0. The van der Waals surface area contributed by atoms with Crippen LogP contribution in [0.1, 0.15) is 90.9 Å². The molecule has 0 saturated carbocycles. The third kappa shape index (κ3) is 27.5. The highest BCUT2D eigenvalue weighted by molar-refractivity contribution is 7.81. The molecule has 0 unspecified atom stereocenters. The first-order valence-corrected chi connectivity index (χ1v) is 16.8. The van der Waals surface area contributed by atoms with Gasteiger partial charge in [0.25, 0.3) is 0 Å². The van der Waals surface area contributed by atoms with E-state index < -0.39 is 26.2 Å². The van der Waals surface area contributed by atoms with Gasteiger partial charge in [-0.3, -0.25) is 9.11 Å². The summed E-state index contributed by atoms with van der Waals surface area (Å²) in [4.78, 5) is 0. The van der Waals surface area contributed by atoms with Crippen molar-refractivity contribution in [3.63, 3.8) is 0 Å². The second-order valence-corrected chi connectivity index (χ2v) is 11.9. The fourth-order valence-electron chi connectivity index (χ4n) is 3.77. The number of hydrogen-bond donors (Lipinski definition) is 2. The summed E-state index contributed by atoms with van der Waals surface area (Å²) in [5.41, 5.74) is -0.777. The van der Waals surface area contributed by atoms with E-state index in [0.717, 1.165) is 38.5 Å². The maximum Gasteiger partial charge on any atom is 0.397 e. The monoisotopic (exact) mass is 608 g/mol. The first-order valence-electron chi connectivity index (χ1n) is 14.1. The molecule has 0 aliphatic heterocycles. The number of hydrogen-bond acceptors (Lipinski definition) is 10. The Balaban J connectivity index is 4.99. The first-order chi connectivity index (χ1) is 18.5. The van der Waals surface area contributed by atoms with E-state index in [4.69, 9.17) is 28.1 Å². The van der Waals surface area contributed by atoms with Crippen molar-refractivity contribution in [2.45, 2.75) is 90.9 Å². The van der Waals surface area contributed by atoms with Crippen LogP contribution in [0.15, 0.2) is 0 Å². The van der Waals surface area contributed by atoms with Crippen LogP contribution in [0.4, 0.5) is 0 Å². The van der Waals surface area contributed by atoms with Crippen molar-refractivity contribution in [3.05, 3.63) is 0 Å². The molecule has 0 rings (SSSR count). The molecule has 0 aliphatic rings. The van der Waals surface area contributed by atoms with Crippen LogP contribution in [0.5, 0.6) is 0 Å². The third-order valence-electron chi connectivity index (χ3n) is 5.84. The van der Waals surface area contributed by atoms with E-state index in [1.807, 2.05) is 0 Å². The third-order valence-corrected chi connectivity index (χ3v) is 6.77. The fraction of sp³-hybridized carbons (Fsp3) is 1.00. The van der Waals surface area contributed by atoms with Crippen LogP contribution in [-0.4, -0.2) is 92.0 Å². The Labute approximate surface area is 236 Å². The van der Waals surface area contributed by atoms with Gasteiger partial charge in [0.2, 0.25) is 0 Å². The SMILES string of the molecule is CCCCCCCCOCC(COCCCCCCCC)(COCCOS(=O)(=O)O)COCCOS(=O)(=O)O. The maximum absolute atomic E-state index is 10.8. The zero-order valence-corrected chi connectivity index (χ0v) is 25.5. The summed E-state index contributed by atoms with van der Waals surface area (Å²) < 4.78 is 92.4. The summed E-state index contributed by atoms with van der Waals surface area (Å²) in [5.74, 6) is 0. The Hall–Kier alpha value is -0.420. The van der Waals surface area contributed by atoms with E-state index in [1.54, 1.807) is 0 Å². The molecular formula is C25H52O12S2. The van der Waals surface area contributed by atoms with E-state index in [2.05, 4.69) is 22.2 Å². The molecular weight excluding hydrogens is 556 g/mol. The van der Waals surface area contributed by atoms with Gasteiger partial charge in [-0.15, -0.1) is 0 Å². The largest absolute Gasteiger partial charge is 0.397 e. The molecule has 0 radical (unpaired) electrons. The van der Waals surface area contributed by atoms with E-state index in [9.17, 15) is 16.8 Å². The van der Waals surface area contributed by atoms with Gasteiger partial charge in [0, 0.05) is 13.2 Å². The lowest BCUT2D eigenvalue weighted by Gasteiger charge is -2.33. The Bertz CT molecular complexity index is 695. The minimum Gasteiger partial charge on any atom is -0.381 e. The van der Waals surface area contributed by atoms with Crippen molar-refractivity contribution in [2.24, 2.45) is 5.41 Å². The van der Waals surface area contributed by atoms with Gasteiger partial charge >= 0.3 is 20.8 Å². The highest BCUT2D eigenvalue weighted by Gasteiger charge is 2.32. The normalized spacial score (nSPS) is 12.8. The van der Waals surface area contributed by atoms with Gasteiger partial charge in [-0.2, -0.15) is 16.8 Å². The zero-order chi connectivity index (χ0) is 29.3.